The lowest BCUT2D eigenvalue weighted by molar-refractivity contribution is 0.0955. The summed E-state index contributed by atoms with van der Waals surface area (Å²) in [4.78, 5) is 15.7. The topological polar surface area (TPSA) is 78.1 Å². The number of rotatable bonds is 3. The Kier molecular flexibility index (Phi) is 3.98. The van der Waals surface area contributed by atoms with Crippen LogP contribution in [0.3, 0.4) is 0 Å². The SMILES string of the molecule is N#Cc1ccc(C(=O)N/N=C\c2ccccn2)cc1. The van der Waals surface area contributed by atoms with Crippen molar-refractivity contribution in [2.45, 2.75) is 0 Å². The van der Waals surface area contributed by atoms with E-state index in [0.717, 1.165) is 0 Å². The van der Waals surface area contributed by atoms with Gasteiger partial charge in [-0.15, -0.1) is 0 Å². The highest BCUT2D eigenvalue weighted by molar-refractivity contribution is 5.94. The van der Waals surface area contributed by atoms with Crippen LogP contribution in [0.2, 0.25) is 0 Å². The number of hydrogen-bond acceptors (Lipinski definition) is 4. The van der Waals surface area contributed by atoms with Crippen molar-refractivity contribution in [2.24, 2.45) is 5.10 Å². The molecule has 92 valence electrons. The molecule has 1 N–H and O–H groups in total. The van der Waals surface area contributed by atoms with Crippen LogP contribution < -0.4 is 5.43 Å². The average Bonchev–Trinajstić information content (AvgIpc) is 2.48. The van der Waals surface area contributed by atoms with Crippen molar-refractivity contribution in [3.05, 3.63) is 65.5 Å². The lowest BCUT2D eigenvalue weighted by atomic mass is 10.1. The van der Waals surface area contributed by atoms with E-state index < -0.39 is 0 Å². The lowest BCUT2D eigenvalue weighted by Crippen LogP contribution is -2.17. The normalized spacial score (nSPS) is 10.1. The third kappa shape index (κ3) is 3.48. The van der Waals surface area contributed by atoms with Crippen LogP contribution in [0.4, 0.5) is 0 Å². The summed E-state index contributed by atoms with van der Waals surface area (Å²) in [6, 6.07) is 13.7. The summed E-state index contributed by atoms with van der Waals surface area (Å²) >= 11 is 0. The molecule has 0 aliphatic rings. The van der Waals surface area contributed by atoms with Crippen LogP contribution in [0, 0.1) is 11.3 Å². The Balaban J connectivity index is 1.98. The van der Waals surface area contributed by atoms with Gasteiger partial charge in [0.15, 0.2) is 0 Å². The quantitative estimate of drug-likeness (QED) is 0.665. The van der Waals surface area contributed by atoms with Gasteiger partial charge in [0.25, 0.3) is 5.91 Å². The van der Waals surface area contributed by atoms with E-state index in [2.05, 4.69) is 15.5 Å². The molecule has 0 radical (unpaired) electrons. The van der Waals surface area contributed by atoms with Crippen molar-refractivity contribution >= 4 is 12.1 Å². The van der Waals surface area contributed by atoms with Crippen LogP contribution in [0.1, 0.15) is 21.6 Å². The third-order valence-electron chi connectivity index (χ3n) is 2.33. The van der Waals surface area contributed by atoms with E-state index in [1.54, 1.807) is 42.6 Å². The minimum absolute atomic E-state index is 0.336. The van der Waals surface area contributed by atoms with Gasteiger partial charge in [0.05, 0.1) is 23.5 Å². The van der Waals surface area contributed by atoms with Gasteiger partial charge in [0, 0.05) is 11.8 Å². The molecule has 1 aromatic carbocycles. The van der Waals surface area contributed by atoms with Gasteiger partial charge < -0.3 is 0 Å². The smallest absolute Gasteiger partial charge is 0.267 e. The van der Waals surface area contributed by atoms with Crippen molar-refractivity contribution in [1.82, 2.24) is 10.4 Å². The van der Waals surface area contributed by atoms with Crippen LogP contribution in [-0.2, 0) is 0 Å². The van der Waals surface area contributed by atoms with E-state index in [-0.39, 0.29) is 5.91 Å². The van der Waals surface area contributed by atoms with E-state index in [1.807, 2.05) is 12.1 Å². The van der Waals surface area contributed by atoms with Gasteiger partial charge in [-0.05, 0) is 36.4 Å². The second-order valence-electron chi connectivity index (χ2n) is 3.64. The summed E-state index contributed by atoms with van der Waals surface area (Å²) in [6.07, 6.45) is 3.10. The van der Waals surface area contributed by atoms with Crippen LogP contribution >= 0.6 is 0 Å². The van der Waals surface area contributed by atoms with Crippen molar-refractivity contribution in [3.8, 4) is 6.07 Å². The zero-order chi connectivity index (χ0) is 13.5. The Morgan fingerprint density at radius 3 is 2.68 bits per heavy atom. The van der Waals surface area contributed by atoms with Crippen molar-refractivity contribution in [2.75, 3.05) is 0 Å². The van der Waals surface area contributed by atoms with E-state index >= 15 is 0 Å². The summed E-state index contributed by atoms with van der Waals surface area (Å²) in [5.41, 5.74) is 4.00. The minimum Gasteiger partial charge on any atom is -0.267 e. The number of carbonyl (C=O) groups excluding carboxylic acids is 1. The Hall–Kier alpha value is -3.00. The molecule has 0 fully saturated rings. The number of benzene rings is 1. The highest BCUT2D eigenvalue weighted by atomic mass is 16.2. The first-order chi connectivity index (χ1) is 9.29. The summed E-state index contributed by atoms with van der Waals surface area (Å²) in [7, 11) is 0. The number of carbonyl (C=O) groups is 1. The molecular weight excluding hydrogens is 240 g/mol. The summed E-state index contributed by atoms with van der Waals surface area (Å²) in [5.74, 6) is -0.336. The molecule has 5 heteroatoms. The van der Waals surface area contributed by atoms with Gasteiger partial charge in [-0.3, -0.25) is 9.78 Å². The zero-order valence-corrected chi connectivity index (χ0v) is 9.95. The molecule has 19 heavy (non-hydrogen) atoms. The first kappa shape index (κ1) is 12.5. The monoisotopic (exact) mass is 250 g/mol. The number of hydrazone groups is 1. The van der Waals surface area contributed by atoms with Gasteiger partial charge >= 0.3 is 0 Å². The summed E-state index contributed by atoms with van der Waals surface area (Å²) in [6.45, 7) is 0. The van der Waals surface area contributed by atoms with E-state index in [1.165, 1.54) is 6.21 Å². The molecule has 1 aromatic heterocycles. The number of hydrogen-bond donors (Lipinski definition) is 1. The second kappa shape index (κ2) is 6.07. The number of aromatic nitrogens is 1. The molecule has 5 nitrogen and oxygen atoms in total. The number of pyridine rings is 1. The molecule has 1 amide bonds. The van der Waals surface area contributed by atoms with Crippen molar-refractivity contribution < 1.29 is 4.79 Å². The van der Waals surface area contributed by atoms with Crippen molar-refractivity contribution in [1.29, 1.82) is 5.26 Å². The Morgan fingerprint density at radius 1 is 1.26 bits per heavy atom. The van der Waals surface area contributed by atoms with E-state index in [0.29, 0.717) is 16.8 Å². The standard InChI is InChI=1S/C14H10N4O/c15-9-11-4-6-12(7-5-11)14(19)18-17-10-13-3-1-2-8-16-13/h1-8,10H,(H,18,19)/b17-10-. The molecule has 2 rings (SSSR count). The molecule has 0 aliphatic carbocycles. The predicted molar refractivity (Wildman–Crippen MR) is 70.5 cm³/mol. The highest BCUT2D eigenvalue weighted by Crippen LogP contribution is 2.02. The maximum atomic E-state index is 11.7. The van der Waals surface area contributed by atoms with Crippen LogP contribution in [-0.4, -0.2) is 17.1 Å². The van der Waals surface area contributed by atoms with Gasteiger partial charge in [0.1, 0.15) is 0 Å². The Bertz CT molecular complexity index is 627. The molecule has 0 saturated carbocycles. The number of amides is 1. The third-order valence-corrected chi connectivity index (χ3v) is 2.33. The Morgan fingerprint density at radius 2 is 2.05 bits per heavy atom. The largest absolute Gasteiger partial charge is 0.271 e. The molecule has 0 atom stereocenters. The second-order valence-corrected chi connectivity index (χ2v) is 3.64. The summed E-state index contributed by atoms with van der Waals surface area (Å²) in [5, 5.41) is 12.5. The fraction of sp³-hybridized carbons (Fsp3) is 0. The van der Waals surface area contributed by atoms with Gasteiger partial charge in [-0.25, -0.2) is 5.43 Å². The maximum Gasteiger partial charge on any atom is 0.271 e. The first-order valence-corrected chi connectivity index (χ1v) is 5.54. The fourth-order valence-corrected chi connectivity index (χ4v) is 1.37. The molecule has 0 unspecified atom stereocenters. The van der Waals surface area contributed by atoms with Gasteiger partial charge in [-0.1, -0.05) is 6.07 Å². The molecule has 0 spiro atoms. The zero-order valence-electron chi connectivity index (χ0n) is 9.95. The maximum absolute atomic E-state index is 11.7. The molecule has 0 aliphatic heterocycles. The summed E-state index contributed by atoms with van der Waals surface area (Å²) < 4.78 is 0. The fourth-order valence-electron chi connectivity index (χ4n) is 1.37. The molecule has 2 aromatic rings. The van der Waals surface area contributed by atoms with E-state index in [9.17, 15) is 4.79 Å². The lowest BCUT2D eigenvalue weighted by Gasteiger charge is -1.99. The highest BCUT2D eigenvalue weighted by Gasteiger charge is 2.03. The predicted octanol–water partition coefficient (Wildman–Crippen LogP) is 1.72. The van der Waals surface area contributed by atoms with Crippen LogP contribution in [0.5, 0.6) is 0 Å². The molecular formula is C14H10N4O. The van der Waals surface area contributed by atoms with Gasteiger partial charge in [-0.2, -0.15) is 10.4 Å². The van der Waals surface area contributed by atoms with E-state index in [4.69, 9.17) is 5.26 Å². The number of nitrogens with one attached hydrogen (secondary N) is 1. The molecule has 1 heterocycles. The van der Waals surface area contributed by atoms with Crippen molar-refractivity contribution in [3.63, 3.8) is 0 Å². The minimum atomic E-state index is -0.336. The van der Waals surface area contributed by atoms with Gasteiger partial charge in [0.2, 0.25) is 0 Å². The van der Waals surface area contributed by atoms with Crippen LogP contribution in [0.25, 0.3) is 0 Å². The molecule has 0 bridgehead atoms. The number of nitriles is 1. The van der Waals surface area contributed by atoms with Crippen LogP contribution in [0.15, 0.2) is 53.8 Å². The first-order valence-electron chi connectivity index (χ1n) is 5.54. The Labute approximate surface area is 110 Å². The average molecular weight is 250 g/mol. The molecule has 0 saturated heterocycles. The number of nitrogens with zero attached hydrogens (tertiary/aromatic N) is 3.